The van der Waals surface area contributed by atoms with Crippen LogP contribution in [-0.2, 0) is 19.4 Å². The van der Waals surface area contributed by atoms with E-state index in [1.54, 1.807) is 0 Å². The largest absolute Gasteiger partial charge is 0.480 e. The van der Waals surface area contributed by atoms with Crippen LogP contribution in [0, 0.1) is 5.92 Å². The van der Waals surface area contributed by atoms with E-state index >= 15 is 0 Å². The summed E-state index contributed by atoms with van der Waals surface area (Å²) < 4.78 is 22.8. The number of carbonyl (C=O) groups is 2. The van der Waals surface area contributed by atoms with Crippen molar-refractivity contribution < 1.29 is 23.1 Å². The predicted molar refractivity (Wildman–Crippen MR) is 73.0 cm³/mol. The van der Waals surface area contributed by atoms with Crippen molar-refractivity contribution in [3.63, 3.8) is 0 Å². The molecule has 0 bridgehead atoms. The van der Waals surface area contributed by atoms with Crippen molar-refractivity contribution in [2.45, 2.75) is 44.6 Å². The highest BCUT2D eigenvalue weighted by atomic mass is 32.2. The summed E-state index contributed by atoms with van der Waals surface area (Å²) in [5, 5.41) is 8.95. The van der Waals surface area contributed by atoms with Gasteiger partial charge in [0.15, 0.2) is 9.84 Å². The third-order valence-corrected chi connectivity index (χ3v) is 6.02. The smallest absolute Gasteiger partial charge is 0.323 e. The topological polar surface area (TPSA) is 91.8 Å². The second-order valence-electron chi connectivity index (χ2n) is 5.83. The number of amides is 1. The van der Waals surface area contributed by atoms with Gasteiger partial charge in [-0.25, -0.2) is 8.42 Å². The fourth-order valence-corrected chi connectivity index (χ4v) is 5.04. The standard InChI is InChI=1S/C13H21NO5S/c15-12(7-10-5-6-20(18,19)9-10)14(8-13(16)17)11-3-1-2-4-11/h10-11H,1-9H2,(H,16,17). The normalized spacial score (nSPS) is 25.7. The summed E-state index contributed by atoms with van der Waals surface area (Å²) in [7, 11) is -3.00. The quantitative estimate of drug-likeness (QED) is 0.806. The molecule has 114 valence electrons. The van der Waals surface area contributed by atoms with Crippen LogP contribution in [0.4, 0.5) is 0 Å². The molecule has 1 saturated carbocycles. The molecule has 20 heavy (non-hydrogen) atoms. The van der Waals surface area contributed by atoms with Crippen LogP contribution in [0.1, 0.15) is 38.5 Å². The van der Waals surface area contributed by atoms with Crippen LogP contribution in [-0.4, -0.2) is 54.4 Å². The Hall–Kier alpha value is -1.11. The summed E-state index contributed by atoms with van der Waals surface area (Å²) in [6, 6.07) is 0.0108. The van der Waals surface area contributed by atoms with Gasteiger partial charge in [-0.1, -0.05) is 12.8 Å². The van der Waals surface area contributed by atoms with Crippen molar-refractivity contribution in [2.75, 3.05) is 18.1 Å². The molecule has 1 unspecified atom stereocenters. The summed E-state index contributed by atoms with van der Waals surface area (Å²) in [6.45, 7) is -0.275. The Bertz CT molecular complexity index is 481. The summed E-state index contributed by atoms with van der Waals surface area (Å²) in [5.74, 6) is -1.16. The lowest BCUT2D eigenvalue weighted by atomic mass is 10.0. The Morgan fingerprint density at radius 1 is 1.15 bits per heavy atom. The lowest BCUT2D eigenvalue weighted by Crippen LogP contribution is -2.43. The van der Waals surface area contributed by atoms with Crippen LogP contribution in [0.2, 0.25) is 0 Å². The lowest BCUT2D eigenvalue weighted by molar-refractivity contribution is -0.146. The predicted octanol–water partition coefficient (Wildman–Crippen LogP) is 0.667. The number of hydrogen-bond acceptors (Lipinski definition) is 4. The zero-order valence-electron chi connectivity index (χ0n) is 11.5. The molecule has 1 heterocycles. The Morgan fingerprint density at radius 2 is 1.80 bits per heavy atom. The van der Waals surface area contributed by atoms with Crippen LogP contribution in [0.5, 0.6) is 0 Å². The molecule has 1 saturated heterocycles. The number of sulfone groups is 1. The van der Waals surface area contributed by atoms with Gasteiger partial charge >= 0.3 is 5.97 Å². The Labute approximate surface area is 119 Å². The average Bonchev–Trinajstić information content (AvgIpc) is 2.95. The summed E-state index contributed by atoms with van der Waals surface area (Å²) in [4.78, 5) is 24.7. The fourth-order valence-electron chi connectivity index (χ4n) is 3.18. The van der Waals surface area contributed by atoms with Gasteiger partial charge in [-0.05, 0) is 25.2 Å². The zero-order chi connectivity index (χ0) is 14.8. The van der Waals surface area contributed by atoms with Crippen molar-refractivity contribution in [3.05, 3.63) is 0 Å². The van der Waals surface area contributed by atoms with Gasteiger partial charge in [0.1, 0.15) is 6.54 Å². The van der Waals surface area contributed by atoms with E-state index in [0.29, 0.717) is 6.42 Å². The molecule has 1 atom stereocenters. The van der Waals surface area contributed by atoms with Crippen molar-refractivity contribution in [2.24, 2.45) is 5.92 Å². The van der Waals surface area contributed by atoms with Crippen LogP contribution in [0.3, 0.4) is 0 Å². The minimum atomic E-state index is -3.00. The van der Waals surface area contributed by atoms with Crippen molar-refractivity contribution in [1.82, 2.24) is 4.90 Å². The highest BCUT2D eigenvalue weighted by molar-refractivity contribution is 7.91. The van der Waals surface area contributed by atoms with Crippen LogP contribution < -0.4 is 0 Å². The number of hydrogen-bond donors (Lipinski definition) is 1. The van der Waals surface area contributed by atoms with E-state index in [1.807, 2.05) is 0 Å². The van der Waals surface area contributed by atoms with E-state index in [-0.39, 0.29) is 42.3 Å². The molecule has 2 rings (SSSR count). The van der Waals surface area contributed by atoms with Gasteiger partial charge in [0.05, 0.1) is 11.5 Å². The number of carbonyl (C=O) groups excluding carboxylic acids is 1. The lowest BCUT2D eigenvalue weighted by Gasteiger charge is -2.28. The van der Waals surface area contributed by atoms with Crippen LogP contribution >= 0.6 is 0 Å². The number of aliphatic carboxylic acids is 1. The van der Waals surface area contributed by atoms with Crippen molar-refractivity contribution in [3.8, 4) is 0 Å². The van der Waals surface area contributed by atoms with E-state index in [1.165, 1.54) is 4.90 Å². The van der Waals surface area contributed by atoms with E-state index in [0.717, 1.165) is 25.7 Å². The fraction of sp³-hybridized carbons (Fsp3) is 0.846. The zero-order valence-corrected chi connectivity index (χ0v) is 12.3. The van der Waals surface area contributed by atoms with Crippen molar-refractivity contribution >= 4 is 21.7 Å². The molecule has 0 aromatic heterocycles. The molecule has 2 fully saturated rings. The van der Waals surface area contributed by atoms with Gasteiger partial charge < -0.3 is 10.0 Å². The second-order valence-corrected chi connectivity index (χ2v) is 8.06. The molecule has 0 aromatic rings. The van der Waals surface area contributed by atoms with Crippen LogP contribution in [0.15, 0.2) is 0 Å². The van der Waals surface area contributed by atoms with Gasteiger partial charge in [0.25, 0.3) is 0 Å². The molecular formula is C13H21NO5S. The third kappa shape index (κ3) is 3.94. The summed E-state index contributed by atoms with van der Waals surface area (Å²) >= 11 is 0. The first kappa shape index (κ1) is 15.3. The molecule has 6 nitrogen and oxygen atoms in total. The summed E-state index contributed by atoms with van der Waals surface area (Å²) in [5.41, 5.74) is 0. The molecule has 1 aliphatic heterocycles. The SMILES string of the molecule is O=C(O)CN(C(=O)CC1CCS(=O)(=O)C1)C1CCCC1. The molecule has 1 amide bonds. The minimum Gasteiger partial charge on any atom is -0.480 e. The van der Waals surface area contributed by atoms with E-state index in [2.05, 4.69) is 0 Å². The average molecular weight is 303 g/mol. The maximum atomic E-state index is 12.3. The molecule has 0 spiro atoms. The Balaban J connectivity index is 1.97. The number of rotatable bonds is 5. The highest BCUT2D eigenvalue weighted by Crippen LogP contribution is 2.27. The first-order valence-corrected chi connectivity index (χ1v) is 8.91. The Kier molecular flexibility index (Phi) is 4.67. The molecule has 0 aromatic carbocycles. The van der Waals surface area contributed by atoms with Gasteiger partial charge in [-0.3, -0.25) is 9.59 Å². The molecular weight excluding hydrogens is 282 g/mol. The van der Waals surface area contributed by atoms with Gasteiger partial charge in [0, 0.05) is 12.5 Å². The van der Waals surface area contributed by atoms with Gasteiger partial charge in [-0.2, -0.15) is 0 Å². The van der Waals surface area contributed by atoms with E-state index < -0.39 is 15.8 Å². The molecule has 7 heteroatoms. The first-order chi connectivity index (χ1) is 9.37. The monoisotopic (exact) mass is 303 g/mol. The Morgan fingerprint density at radius 3 is 2.30 bits per heavy atom. The second kappa shape index (κ2) is 6.11. The molecule has 1 aliphatic carbocycles. The highest BCUT2D eigenvalue weighted by Gasteiger charge is 2.33. The van der Waals surface area contributed by atoms with Gasteiger partial charge in [0.2, 0.25) is 5.91 Å². The summed E-state index contributed by atoms with van der Waals surface area (Å²) in [6.07, 6.45) is 4.41. The molecule has 2 aliphatic rings. The van der Waals surface area contributed by atoms with E-state index in [9.17, 15) is 18.0 Å². The third-order valence-electron chi connectivity index (χ3n) is 4.18. The first-order valence-electron chi connectivity index (χ1n) is 7.09. The van der Waals surface area contributed by atoms with Gasteiger partial charge in [-0.15, -0.1) is 0 Å². The number of carboxylic acid groups (broad SMARTS) is 1. The molecule has 1 N–H and O–H groups in total. The minimum absolute atomic E-state index is 0.0108. The number of nitrogens with zero attached hydrogens (tertiary/aromatic N) is 1. The number of carboxylic acids is 1. The maximum Gasteiger partial charge on any atom is 0.323 e. The van der Waals surface area contributed by atoms with Crippen molar-refractivity contribution in [1.29, 1.82) is 0 Å². The van der Waals surface area contributed by atoms with Crippen LogP contribution in [0.25, 0.3) is 0 Å². The molecule has 0 radical (unpaired) electrons. The van der Waals surface area contributed by atoms with E-state index in [4.69, 9.17) is 5.11 Å². The maximum absolute atomic E-state index is 12.3.